The van der Waals surface area contributed by atoms with Gasteiger partial charge in [-0.05, 0) is 47.0 Å². The number of benzene rings is 3. The van der Waals surface area contributed by atoms with Gasteiger partial charge in [0.25, 0.3) is 0 Å². The number of halogens is 1. The van der Waals surface area contributed by atoms with E-state index in [1.165, 1.54) is 12.1 Å². The molecule has 3 aromatic carbocycles. The van der Waals surface area contributed by atoms with E-state index in [4.69, 9.17) is 5.73 Å². The summed E-state index contributed by atoms with van der Waals surface area (Å²) in [5.74, 6) is -0.402. The number of hydrogen-bond acceptors (Lipinski definition) is 2. The van der Waals surface area contributed by atoms with E-state index in [9.17, 15) is 9.18 Å². The highest BCUT2D eigenvalue weighted by Crippen LogP contribution is 2.26. The lowest BCUT2D eigenvalue weighted by Crippen LogP contribution is -2.09. The van der Waals surface area contributed by atoms with Crippen LogP contribution >= 0.6 is 0 Å². The third-order valence-corrected chi connectivity index (χ3v) is 4.69. The van der Waals surface area contributed by atoms with Crippen molar-refractivity contribution in [1.29, 1.82) is 0 Å². The second-order valence-corrected chi connectivity index (χ2v) is 6.18. The molecule has 4 heteroatoms. The molecule has 0 bridgehead atoms. The van der Waals surface area contributed by atoms with Gasteiger partial charge in [-0.25, -0.2) is 4.39 Å². The fraction of sp³-hybridized carbons (Fsp3) is 0.0952. The average molecular weight is 332 g/mol. The highest BCUT2D eigenvalue weighted by atomic mass is 19.1. The molecule has 124 valence electrons. The van der Waals surface area contributed by atoms with E-state index in [-0.39, 0.29) is 5.43 Å². The standard InChI is InChI=1S/C21H17FN2O/c1-24-19-9-7-16(22)11-18(19)21(25)17-8-6-15(10-20(17)24)14-4-2-13(12-23)3-5-14/h2-11H,12,23H2,1H3. The van der Waals surface area contributed by atoms with Gasteiger partial charge in [-0.2, -0.15) is 0 Å². The number of hydrogen-bond donors (Lipinski definition) is 1. The molecule has 0 spiro atoms. The smallest absolute Gasteiger partial charge is 0.197 e. The second-order valence-electron chi connectivity index (χ2n) is 6.18. The molecule has 0 atom stereocenters. The zero-order valence-corrected chi connectivity index (χ0v) is 13.8. The summed E-state index contributed by atoms with van der Waals surface area (Å²) in [6.07, 6.45) is 0. The van der Waals surface area contributed by atoms with Crippen molar-refractivity contribution >= 4 is 21.8 Å². The molecule has 0 fully saturated rings. The Kier molecular flexibility index (Phi) is 3.62. The number of nitrogens with zero attached hydrogens (tertiary/aromatic N) is 1. The lowest BCUT2D eigenvalue weighted by Gasteiger charge is -2.12. The van der Waals surface area contributed by atoms with Crippen molar-refractivity contribution in [2.24, 2.45) is 12.8 Å². The van der Waals surface area contributed by atoms with Gasteiger partial charge in [0, 0.05) is 24.4 Å². The Morgan fingerprint density at radius 3 is 2.32 bits per heavy atom. The van der Waals surface area contributed by atoms with E-state index >= 15 is 0 Å². The number of nitrogens with two attached hydrogens (primary N) is 1. The van der Waals surface area contributed by atoms with Gasteiger partial charge in [-0.15, -0.1) is 0 Å². The van der Waals surface area contributed by atoms with Crippen molar-refractivity contribution in [1.82, 2.24) is 4.57 Å². The second kappa shape index (κ2) is 5.83. The maximum absolute atomic E-state index is 13.5. The summed E-state index contributed by atoms with van der Waals surface area (Å²) >= 11 is 0. The number of rotatable bonds is 2. The number of aryl methyl sites for hydroxylation is 1. The molecule has 1 heterocycles. The van der Waals surface area contributed by atoms with Gasteiger partial charge in [0.05, 0.1) is 11.0 Å². The summed E-state index contributed by atoms with van der Waals surface area (Å²) in [5.41, 5.74) is 10.2. The van der Waals surface area contributed by atoms with E-state index in [0.717, 1.165) is 27.7 Å². The quantitative estimate of drug-likeness (QED) is 0.565. The molecule has 0 aliphatic carbocycles. The van der Waals surface area contributed by atoms with Crippen molar-refractivity contribution in [3.05, 3.63) is 82.3 Å². The maximum Gasteiger partial charge on any atom is 0.197 e. The largest absolute Gasteiger partial charge is 0.343 e. The van der Waals surface area contributed by atoms with Crippen LogP contribution in [0.1, 0.15) is 5.56 Å². The molecule has 0 saturated heterocycles. The first-order valence-electron chi connectivity index (χ1n) is 8.10. The van der Waals surface area contributed by atoms with E-state index in [1.54, 1.807) is 6.07 Å². The first kappa shape index (κ1) is 15.5. The highest BCUT2D eigenvalue weighted by Gasteiger charge is 2.11. The zero-order chi connectivity index (χ0) is 17.6. The Labute approximate surface area is 144 Å². The van der Waals surface area contributed by atoms with Crippen molar-refractivity contribution < 1.29 is 4.39 Å². The lowest BCUT2D eigenvalue weighted by atomic mass is 10.0. The molecule has 0 saturated carbocycles. The molecular weight excluding hydrogens is 315 g/mol. The summed E-state index contributed by atoms with van der Waals surface area (Å²) < 4.78 is 15.5. The van der Waals surface area contributed by atoms with E-state index in [2.05, 4.69) is 0 Å². The summed E-state index contributed by atoms with van der Waals surface area (Å²) in [6.45, 7) is 0.509. The van der Waals surface area contributed by atoms with Crippen LogP contribution in [0.5, 0.6) is 0 Å². The third-order valence-electron chi connectivity index (χ3n) is 4.69. The third kappa shape index (κ3) is 2.51. The Bertz CT molecular complexity index is 1160. The summed E-state index contributed by atoms with van der Waals surface area (Å²) in [4.78, 5) is 12.7. The number of fused-ring (bicyclic) bond motifs is 2. The molecule has 4 aromatic rings. The Morgan fingerprint density at radius 1 is 0.880 bits per heavy atom. The van der Waals surface area contributed by atoms with Crippen LogP contribution in [-0.2, 0) is 13.6 Å². The molecule has 1 aromatic heterocycles. The SMILES string of the molecule is Cn1c2ccc(F)cc2c(=O)c2ccc(-c3ccc(CN)cc3)cc21. The molecule has 0 radical (unpaired) electrons. The van der Waals surface area contributed by atoms with Crippen LogP contribution in [0, 0.1) is 5.82 Å². The van der Waals surface area contributed by atoms with Crippen LogP contribution in [0.4, 0.5) is 4.39 Å². The molecule has 0 aliphatic heterocycles. The van der Waals surface area contributed by atoms with Crippen molar-refractivity contribution in [2.75, 3.05) is 0 Å². The van der Waals surface area contributed by atoms with Crippen LogP contribution in [0.25, 0.3) is 32.9 Å². The molecule has 4 rings (SSSR count). The van der Waals surface area contributed by atoms with Crippen molar-refractivity contribution in [2.45, 2.75) is 6.54 Å². The van der Waals surface area contributed by atoms with E-state index < -0.39 is 5.82 Å². The zero-order valence-electron chi connectivity index (χ0n) is 13.8. The molecule has 25 heavy (non-hydrogen) atoms. The lowest BCUT2D eigenvalue weighted by molar-refractivity contribution is 0.629. The van der Waals surface area contributed by atoms with E-state index in [0.29, 0.717) is 17.3 Å². The Morgan fingerprint density at radius 2 is 1.60 bits per heavy atom. The van der Waals surface area contributed by atoms with Gasteiger partial charge in [0.1, 0.15) is 5.82 Å². The van der Waals surface area contributed by atoms with Crippen molar-refractivity contribution in [3.8, 4) is 11.1 Å². The number of aromatic nitrogens is 1. The fourth-order valence-corrected chi connectivity index (χ4v) is 3.27. The maximum atomic E-state index is 13.5. The minimum Gasteiger partial charge on any atom is -0.343 e. The molecule has 2 N–H and O–H groups in total. The van der Waals surface area contributed by atoms with Gasteiger partial charge in [-0.1, -0.05) is 30.3 Å². The molecule has 0 amide bonds. The van der Waals surface area contributed by atoms with Crippen molar-refractivity contribution in [3.63, 3.8) is 0 Å². The molecular formula is C21H17FN2O. The van der Waals surface area contributed by atoms with Gasteiger partial charge in [0.2, 0.25) is 0 Å². The minimum absolute atomic E-state index is 0.146. The Balaban J connectivity index is 1.99. The number of pyridine rings is 1. The van der Waals surface area contributed by atoms with Gasteiger partial charge >= 0.3 is 0 Å². The molecule has 0 aliphatic rings. The van der Waals surface area contributed by atoms with Crippen LogP contribution in [0.15, 0.2) is 65.5 Å². The predicted molar refractivity (Wildman–Crippen MR) is 100.0 cm³/mol. The molecule has 0 unspecified atom stereocenters. The fourth-order valence-electron chi connectivity index (χ4n) is 3.27. The topological polar surface area (TPSA) is 48.0 Å². The van der Waals surface area contributed by atoms with Crippen LogP contribution in [0.3, 0.4) is 0 Å². The summed E-state index contributed by atoms with van der Waals surface area (Å²) in [7, 11) is 1.89. The van der Waals surface area contributed by atoms with Gasteiger partial charge in [0.15, 0.2) is 5.43 Å². The first-order chi connectivity index (χ1) is 12.1. The van der Waals surface area contributed by atoms with Gasteiger partial charge in [-0.3, -0.25) is 4.79 Å². The monoisotopic (exact) mass is 332 g/mol. The Hall–Kier alpha value is -2.98. The van der Waals surface area contributed by atoms with Crippen LogP contribution < -0.4 is 11.2 Å². The van der Waals surface area contributed by atoms with Gasteiger partial charge < -0.3 is 10.3 Å². The van der Waals surface area contributed by atoms with Crippen LogP contribution in [-0.4, -0.2) is 4.57 Å². The molecule has 3 nitrogen and oxygen atoms in total. The summed E-state index contributed by atoms with van der Waals surface area (Å²) in [6, 6.07) is 18.1. The predicted octanol–water partition coefficient (Wildman–Crippen LogP) is 3.96. The summed E-state index contributed by atoms with van der Waals surface area (Å²) in [5, 5.41) is 0.984. The average Bonchev–Trinajstić information content (AvgIpc) is 2.65. The minimum atomic E-state index is -0.402. The highest BCUT2D eigenvalue weighted by molar-refractivity contribution is 5.95. The normalized spacial score (nSPS) is 11.3. The van der Waals surface area contributed by atoms with E-state index in [1.807, 2.05) is 54.1 Å². The first-order valence-corrected chi connectivity index (χ1v) is 8.10. The van der Waals surface area contributed by atoms with Crippen LogP contribution in [0.2, 0.25) is 0 Å².